The predicted octanol–water partition coefficient (Wildman–Crippen LogP) is 2.57. The molecule has 1 aliphatic carbocycles. The minimum atomic E-state index is -0.210. The van der Waals surface area contributed by atoms with Crippen LogP contribution in [0.4, 0.5) is 0 Å². The Labute approximate surface area is 127 Å². The summed E-state index contributed by atoms with van der Waals surface area (Å²) < 4.78 is 0. The first-order valence-electron chi connectivity index (χ1n) is 8.57. The van der Waals surface area contributed by atoms with Crippen molar-refractivity contribution in [3.63, 3.8) is 0 Å². The SMILES string of the molecule is CCC1C(=O)N2CCCC2C(=O)N1C1CCC(C)(C)CC1. The second kappa shape index (κ2) is 5.29. The number of piperazine rings is 1. The molecule has 2 unspecified atom stereocenters. The van der Waals surface area contributed by atoms with Gasteiger partial charge >= 0.3 is 0 Å². The second-order valence-corrected chi connectivity index (χ2v) is 7.75. The van der Waals surface area contributed by atoms with Crippen molar-refractivity contribution < 1.29 is 9.59 Å². The molecule has 2 aliphatic heterocycles. The molecule has 2 atom stereocenters. The standard InChI is InChI=1S/C17H28N2O2/c1-4-13-15(20)18-11-5-6-14(18)16(21)19(13)12-7-9-17(2,3)10-8-12/h12-14H,4-11H2,1-3H3. The topological polar surface area (TPSA) is 40.6 Å². The molecule has 1 saturated carbocycles. The van der Waals surface area contributed by atoms with Crippen LogP contribution in [-0.4, -0.2) is 46.3 Å². The van der Waals surface area contributed by atoms with Gasteiger partial charge in [-0.3, -0.25) is 9.59 Å². The van der Waals surface area contributed by atoms with Crippen LogP contribution < -0.4 is 0 Å². The monoisotopic (exact) mass is 292 g/mol. The Bertz CT molecular complexity index is 436. The van der Waals surface area contributed by atoms with Crippen molar-refractivity contribution in [3.05, 3.63) is 0 Å². The molecule has 2 saturated heterocycles. The maximum absolute atomic E-state index is 12.9. The van der Waals surface area contributed by atoms with E-state index >= 15 is 0 Å². The first kappa shape index (κ1) is 14.9. The van der Waals surface area contributed by atoms with Gasteiger partial charge in [-0.05, 0) is 50.4 Å². The van der Waals surface area contributed by atoms with Gasteiger partial charge in [-0.25, -0.2) is 0 Å². The average Bonchev–Trinajstić information content (AvgIpc) is 2.93. The number of hydrogen-bond acceptors (Lipinski definition) is 2. The Morgan fingerprint density at radius 2 is 1.76 bits per heavy atom. The zero-order chi connectivity index (χ0) is 15.2. The zero-order valence-electron chi connectivity index (χ0n) is 13.6. The molecule has 0 aromatic rings. The van der Waals surface area contributed by atoms with Crippen molar-refractivity contribution in [3.8, 4) is 0 Å². The molecule has 3 fully saturated rings. The normalized spacial score (nSPS) is 33.5. The van der Waals surface area contributed by atoms with E-state index in [1.807, 2.05) is 16.7 Å². The molecule has 0 radical (unpaired) electrons. The van der Waals surface area contributed by atoms with Gasteiger partial charge < -0.3 is 9.80 Å². The van der Waals surface area contributed by atoms with Gasteiger partial charge in [-0.1, -0.05) is 20.8 Å². The number of nitrogens with zero attached hydrogens (tertiary/aromatic N) is 2. The molecule has 2 amide bonds. The number of amides is 2. The maximum Gasteiger partial charge on any atom is 0.246 e. The van der Waals surface area contributed by atoms with Crippen molar-refractivity contribution in [2.24, 2.45) is 5.41 Å². The highest BCUT2D eigenvalue weighted by molar-refractivity contribution is 5.97. The Hall–Kier alpha value is -1.06. The molecule has 0 aromatic carbocycles. The smallest absolute Gasteiger partial charge is 0.246 e. The average molecular weight is 292 g/mol. The molecule has 4 heteroatoms. The summed E-state index contributed by atoms with van der Waals surface area (Å²) in [6.07, 6.45) is 6.99. The van der Waals surface area contributed by atoms with Crippen LogP contribution in [0.5, 0.6) is 0 Å². The van der Waals surface area contributed by atoms with E-state index in [1.165, 1.54) is 0 Å². The number of hydrogen-bond donors (Lipinski definition) is 0. The van der Waals surface area contributed by atoms with Crippen LogP contribution in [0.25, 0.3) is 0 Å². The van der Waals surface area contributed by atoms with Crippen LogP contribution in [0.1, 0.15) is 65.7 Å². The third-order valence-electron chi connectivity index (χ3n) is 5.79. The van der Waals surface area contributed by atoms with Crippen LogP contribution in [0.15, 0.2) is 0 Å². The van der Waals surface area contributed by atoms with E-state index in [2.05, 4.69) is 13.8 Å². The van der Waals surface area contributed by atoms with Crippen LogP contribution in [-0.2, 0) is 9.59 Å². The summed E-state index contributed by atoms with van der Waals surface area (Å²) in [6, 6.07) is -0.0875. The lowest BCUT2D eigenvalue weighted by atomic mass is 9.74. The quantitative estimate of drug-likeness (QED) is 0.785. The molecule has 3 aliphatic rings. The van der Waals surface area contributed by atoms with Gasteiger partial charge in [0.15, 0.2) is 0 Å². The summed E-state index contributed by atoms with van der Waals surface area (Å²) in [5.74, 6) is 0.424. The van der Waals surface area contributed by atoms with Crippen LogP contribution >= 0.6 is 0 Å². The number of carbonyl (C=O) groups is 2. The van der Waals surface area contributed by atoms with Crippen molar-refractivity contribution in [1.29, 1.82) is 0 Å². The van der Waals surface area contributed by atoms with Gasteiger partial charge in [-0.2, -0.15) is 0 Å². The Balaban J connectivity index is 1.82. The summed E-state index contributed by atoms with van der Waals surface area (Å²) >= 11 is 0. The number of carbonyl (C=O) groups excluding carboxylic acids is 2. The minimum absolute atomic E-state index is 0.157. The van der Waals surface area contributed by atoms with Crippen molar-refractivity contribution in [2.45, 2.75) is 83.8 Å². The Morgan fingerprint density at radius 3 is 2.38 bits per heavy atom. The second-order valence-electron chi connectivity index (χ2n) is 7.75. The lowest BCUT2D eigenvalue weighted by Gasteiger charge is -2.48. The van der Waals surface area contributed by atoms with Crippen LogP contribution in [0.3, 0.4) is 0 Å². The highest BCUT2D eigenvalue weighted by Gasteiger charge is 2.49. The Morgan fingerprint density at radius 1 is 1.10 bits per heavy atom. The molecule has 3 rings (SSSR count). The van der Waals surface area contributed by atoms with Gasteiger partial charge in [0.1, 0.15) is 12.1 Å². The largest absolute Gasteiger partial charge is 0.329 e. The van der Waals surface area contributed by atoms with Crippen LogP contribution in [0.2, 0.25) is 0 Å². The molecular formula is C17H28N2O2. The molecule has 2 heterocycles. The lowest BCUT2D eigenvalue weighted by molar-refractivity contribution is -0.163. The summed E-state index contributed by atoms with van der Waals surface area (Å²) in [6.45, 7) is 7.42. The van der Waals surface area contributed by atoms with Gasteiger partial charge in [0, 0.05) is 12.6 Å². The van der Waals surface area contributed by atoms with E-state index in [1.54, 1.807) is 0 Å². The highest BCUT2D eigenvalue weighted by Crippen LogP contribution is 2.39. The van der Waals surface area contributed by atoms with Gasteiger partial charge in [0.05, 0.1) is 0 Å². The molecule has 0 spiro atoms. The molecule has 118 valence electrons. The van der Waals surface area contributed by atoms with E-state index in [-0.39, 0.29) is 29.9 Å². The third kappa shape index (κ3) is 2.47. The molecular weight excluding hydrogens is 264 g/mol. The molecule has 21 heavy (non-hydrogen) atoms. The summed E-state index contributed by atoms with van der Waals surface area (Å²) in [7, 11) is 0. The van der Waals surface area contributed by atoms with Gasteiger partial charge in [0.25, 0.3) is 0 Å². The fraction of sp³-hybridized carbons (Fsp3) is 0.882. The van der Waals surface area contributed by atoms with E-state index < -0.39 is 0 Å². The number of fused-ring (bicyclic) bond motifs is 1. The fourth-order valence-electron chi connectivity index (χ4n) is 4.39. The maximum atomic E-state index is 12.9. The molecule has 0 N–H and O–H groups in total. The Kier molecular flexibility index (Phi) is 3.74. The van der Waals surface area contributed by atoms with Crippen molar-refractivity contribution in [2.75, 3.05) is 6.54 Å². The predicted molar refractivity (Wildman–Crippen MR) is 81.7 cm³/mol. The van der Waals surface area contributed by atoms with E-state index in [4.69, 9.17) is 0 Å². The first-order valence-corrected chi connectivity index (χ1v) is 8.57. The highest BCUT2D eigenvalue weighted by atomic mass is 16.2. The van der Waals surface area contributed by atoms with Gasteiger partial charge in [-0.15, -0.1) is 0 Å². The van der Waals surface area contributed by atoms with Gasteiger partial charge in [0.2, 0.25) is 11.8 Å². The first-order chi connectivity index (χ1) is 9.94. The van der Waals surface area contributed by atoms with Crippen molar-refractivity contribution in [1.82, 2.24) is 9.80 Å². The van der Waals surface area contributed by atoms with E-state index in [0.29, 0.717) is 5.41 Å². The molecule has 0 aromatic heterocycles. The zero-order valence-corrected chi connectivity index (χ0v) is 13.6. The molecule has 4 nitrogen and oxygen atoms in total. The number of rotatable bonds is 2. The lowest BCUT2D eigenvalue weighted by Crippen LogP contribution is -2.65. The van der Waals surface area contributed by atoms with Crippen molar-refractivity contribution >= 4 is 11.8 Å². The van der Waals surface area contributed by atoms with Crippen LogP contribution in [0, 0.1) is 5.41 Å². The minimum Gasteiger partial charge on any atom is -0.329 e. The summed E-state index contributed by atoms with van der Waals surface area (Å²) in [5, 5.41) is 0. The summed E-state index contributed by atoms with van der Waals surface area (Å²) in [4.78, 5) is 29.4. The van der Waals surface area contributed by atoms with E-state index in [9.17, 15) is 9.59 Å². The molecule has 0 bridgehead atoms. The summed E-state index contributed by atoms with van der Waals surface area (Å²) in [5.41, 5.74) is 0.389. The van der Waals surface area contributed by atoms with E-state index in [0.717, 1.165) is 51.5 Å². The third-order valence-corrected chi connectivity index (χ3v) is 5.79. The fourth-order valence-corrected chi connectivity index (χ4v) is 4.39.